The molecule has 4 aromatic rings. The van der Waals surface area contributed by atoms with Crippen molar-refractivity contribution in [3.8, 4) is 16.9 Å². The summed E-state index contributed by atoms with van der Waals surface area (Å²) >= 11 is 0. The van der Waals surface area contributed by atoms with Crippen molar-refractivity contribution in [1.29, 1.82) is 0 Å². The summed E-state index contributed by atoms with van der Waals surface area (Å²) in [6.45, 7) is 1.81. The summed E-state index contributed by atoms with van der Waals surface area (Å²) in [5.74, 6) is -0.00952. The Morgan fingerprint density at radius 2 is 1.78 bits per heavy atom. The Kier molecular flexibility index (Phi) is 6.07. The topological polar surface area (TPSA) is 96.8 Å². The van der Waals surface area contributed by atoms with Crippen LogP contribution in [-0.2, 0) is 17.8 Å². The van der Waals surface area contributed by atoms with Crippen LogP contribution in [0.2, 0.25) is 0 Å². The van der Waals surface area contributed by atoms with Crippen LogP contribution in [0.15, 0.2) is 83.9 Å². The van der Waals surface area contributed by atoms with E-state index in [4.69, 9.17) is 0 Å². The van der Waals surface area contributed by atoms with Crippen LogP contribution in [0.25, 0.3) is 16.9 Å². The van der Waals surface area contributed by atoms with Gasteiger partial charge in [0.25, 0.3) is 11.5 Å². The van der Waals surface area contributed by atoms with Crippen molar-refractivity contribution in [2.75, 3.05) is 0 Å². The van der Waals surface area contributed by atoms with Crippen LogP contribution in [0, 0.1) is 0 Å². The van der Waals surface area contributed by atoms with E-state index in [1.54, 1.807) is 12.1 Å². The van der Waals surface area contributed by atoms with Gasteiger partial charge in [-0.25, -0.2) is 9.67 Å². The fraction of sp³-hybridized carbons (Fsp3) is 0.120. The van der Waals surface area contributed by atoms with Crippen molar-refractivity contribution in [3.05, 3.63) is 106 Å². The Labute approximate surface area is 184 Å². The van der Waals surface area contributed by atoms with Gasteiger partial charge in [-0.1, -0.05) is 48.5 Å². The lowest BCUT2D eigenvalue weighted by Crippen LogP contribution is -2.23. The van der Waals surface area contributed by atoms with Crippen LogP contribution in [0.5, 0.6) is 0 Å². The zero-order chi connectivity index (χ0) is 22.5. The van der Waals surface area contributed by atoms with Crippen LogP contribution in [0.3, 0.4) is 0 Å². The number of carbonyl (C=O) groups is 2. The Balaban J connectivity index is 1.42. The molecule has 1 amide bonds. The number of carbonyl (C=O) groups excluding carboxylic acids is 2. The van der Waals surface area contributed by atoms with Crippen molar-refractivity contribution in [2.24, 2.45) is 0 Å². The first-order valence-corrected chi connectivity index (χ1v) is 10.2. The number of ketones is 1. The first-order valence-electron chi connectivity index (χ1n) is 10.2. The van der Waals surface area contributed by atoms with Gasteiger partial charge in [-0.05, 0) is 41.8 Å². The van der Waals surface area contributed by atoms with Crippen molar-refractivity contribution in [1.82, 2.24) is 20.1 Å². The number of H-pyrrole nitrogens is 1. The van der Waals surface area contributed by atoms with E-state index in [9.17, 15) is 14.4 Å². The van der Waals surface area contributed by atoms with Crippen molar-refractivity contribution < 1.29 is 9.59 Å². The molecule has 0 saturated carbocycles. The van der Waals surface area contributed by atoms with Gasteiger partial charge in [0, 0.05) is 30.9 Å². The molecular formula is C25H22N4O3. The number of Topliss-reactive ketones (excluding diaryl/α,β-unsaturated/α-hetero) is 1. The van der Waals surface area contributed by atoms with E-state index < -0.39 is 0 Å². The minimum atomic E-state index is -0.330. The molecule has 2 N–H and O–H groups in total. The summed E-state index contributed by atoms with van der Waals surface area (Å²) in [5.41, 5.74) is 3.62. The number of rotatable bonds is 7. The highest BCUT2D eigenvalue weighted by molar-refractivity contribution is 5.93. The Morgan fingerprint density at radius 1 is 1.00 bits per heavy atom. The van der Waals surface area contributed by atoms with E-state index in [1.807, 2.05) is 54.6 Å². The second kappa shape index (κ2) is 9.26. The minimum Gasteiger partial charge on any atom is -0.348 e. The van der Waals surface area contributed by atoms with E-state index >= 15 is 0 Å². The van der Waals surface area contributed by atoms with E-state index in [0.29, 0.717) is 23.5 Å². The molecule has 0 aliphatic rings. The molecule has 0 atom stereocenters. The molecule has 0 saturated heterocycles. The minimum absolute atomic E-state index is 0.0638. The van der Waals surface area contributed by atoms with E-state index in [0.717, 1.165) is 16.7 Å². The molecule has 7 nitrogen and oxygen atoms in total. The van der Waals surface area contributed by atoms with Gasteiger partial charge in [0.05, 0.1) is 5.56 Å². The highest BCUT2D eigenvalue weighted by Gasteiger charge is 2.12. The third-order valence-electron chi connectivity index (χ3n) is 5.01. The van der Waals surface area contributed by atoms with E-state index in [1.165, 1.54) is 24.0 Å². The lowest BCUT2D eigenvalue weighted by molar-refractivity contribution is -0.116. The van der Waals surface area contributed by atoms with Gasteiger partial charge in [-0.3, -0.25) is 19.5 Å². The standard InChI is InChI=1S/C25H22N4O3/c1-17(30)12-22-16-28-29(25(22)32)23-11-10-21(15-26-23)24(31)27-14-18-6-5-9-20(13-18)19-7-3-2-4-8-19/h2-11,13,15-16,28H,12,14H2,1H3,(H,27,31). The molecule has 0 unspecified atom stereocenters. The maximum Gasteiger partial charge on any atom is 0.276 e. The predicted octanol–water partition coefficient (Wildman–Crippen LogP) is 3.29. The second-order valence-electron chi connectivity index (χ2n) is 7.47. The van der Waals surface area contributed by atoms with Gasteiger partial charge in [-0.2, -0.15) is 0 Å². The number of nitrogens with zero attached hydrogens (tertiary/aromatic N) is 2. The van der Waals surface area contributed by atoms with Gasteiger partial charge in [0.15, 0.2) is 5.82 Å². The molecule has 0 aliphatic carbocycles. The van der Waals surface area contributed by atoms with E-state index in [-0.39, 0.29) is 23.7 Å². The second-order valence-corrected chi connectivity index (χ2v) is 7.47. The molecule has 0 radical (unpaired) electrons. The van der Waals surface area contributed by atoms with Gasteiger partial charge in [-0.15, -0.1) is 0 Å². The number of benzene rings is 2. The molecule has 0 spiro atoms. The summed E-state index contributed by atoms with van der Waals surface area (Å²) in [6, 6.07) is 21.3. The van der Waals surface area contributed by atoms with Crippen LogP contribution < -0.4 is 10.9 Å². The molecule has 2 aromatic heterocycles. The van der Waals surface area contributed by atoms with Crippen LogP contribution in [0.4, 0.5) is 0 Å². The van der Waals surface area contributed by atoms with Gasteiger partial charge in [0.1, 0.15) is 5.78 Å². The monoisotopic (exact) mass is 426 g/mol. The highest BCUT2D eigenvalue weighted by atomic mass is 16.2. The van der Waals surface area contributed by atoms with Gasteiger partial charge < -0.3 is 5.32 Å². The molecule has 32 heavy (non-hydrogen) atoms. The Morgan fingerprint density at radius 3 is 2.50 bits per heavy atom. The third kappa shape index (κ3) is 4.73. The molecule has 160 valence electrons. The third-order valence-corrected chi connectivity index (χ3v) is 5.01. The highest BCUT2D eigenvalue weighted by Crippen LogP contribution is 2.20. The summed E-state index contributed by atoms with van der Waals surface area (Å²) in [5, 5.41) is 5.70. The first kappa shape index (κ1) is 21.0. The maximum absolute atomic E-state index is 12.5. The predicted molar refractivity (Wildman–Crippen MR) is 122 cm³/mol. The average molecular weight is 426 g/mol. The van der Waals surface area contributed by atoms with Crippen LogP contribution >= 0.6 is 0 Å². The number of hydrogen-bond donors (Lipinski definition) is 2. The number of aromatic amines is 1. The lowest BCUT2D eigenvalue weighted by atomic mass is 10.0. The molecule has 2 aromatic carbocycles. The Bertz CT molecular complexity index is 1310. The van der Waals surface area contributed by atoms with Gasteiger partial charge >= 0.3 is 0 Å². The summed E-state index contributed by atoms with van der Waals surface area (Å²) < 4.78 is 1.25. The molecule has 2 heterocycles. The fourth-order valence-corrected chi connectivity index (χ4v) is 3.40. The van der Waals surface area contributed by atoms with E-state index in [2.05, 4.69) is 15.4 Å². The van der Waals surface area contributed by atoms with Crippen molar-refractivity contribution >= 4 is 11.7 Å². The largest absolute Gasteiger partial charge is 0.348 e. The normalized spacial score (nSPS) is 10.7. The van der Waals surface area contributed by atoms with Crippen LogP contribution in [0.1, 0.15) is 28.4 Å². The number of pyridine rings is 1. The van der Waals surface area contributed by atoms with Crippen LogP contribution in [-0.4, -0.2) is 26.5 Å². The number of nitrogens with one attached hydrogen (secondary N) is 2. The molecule has 0 bridgehead atoms. The number of amides is 1. The average Bonchev–Trinajstić information content (AvgIpc) is 3.17. The quantitative estimate of drug-likeness (QED) is 0.474. The smallest absolute Gasteiger partial charge is 0.276 e. The molecular weight excluding hydrogens is 404 g/mol. The van der Waals surface area contributed by atoms with Crippen molar-refractivity contribution in [2.45, 2.75) is 19.9 Å². The molecule has 4 rings (SSSR count). The Hall–Kier alpha value is -4.26. The molecule has 7 heteroatoms. The van der Waals surface area contributed by atoms with Crippen molar-refractivity contribution in [3.63, 3.8) is 0 Å². The lowest BCUT2D eigenvalue weighted by Gasteiger charge is -2.08. The zero-order valence-electron chi connectivity index (χ0n) is 17.5. The fourth-order valence-electron chi connectivity index (χ4n) is 3.40. The number of hydrogen-bond acceptors (Lipinski definition) is 4. The molecule has 0 aliphatic heterocycles. The molecule has 0 fully saturated rings. The SMILES string of the molecule is CC(=O)Cc1c[nH]n(-c2ccc(C(=O)NCc3cccc(-c4ccccc4)c3)cn2)c1=O. The maximum atomic E-state index is 12.5. The summed E-state index contributed by atoms with van der Waals surface area (Å²) in [7, 11) is 0. The number of aromatic nitrogens is 3. The summed E-state index contributed by atoms with van der Waals surface area (Å²) in [6.07, 6.45) is 2.98. The van der Waals surface area contributed by atoms with Gasteiger partial charge in [0.2, 0.25) is 0 Å². The summed E-state index contributed by atoms with van der Waals surface area (Å²) in [4.78, 5) is 40.4. The first-order chi connectivity index (χ1) is 15.5. The zero-order valence-corrected chi connectivity index (χ0v) is 17.5.